The Kier molecular flexibility index (Phi) is 3.72. The number of amides is 1. The number of hydrogen-bond donors (Lipinski definition) is 2. The molecule has 128 valence electrons. The Morgan fingerprint density at radius 2 is 1.83 bits per heavy atom. The highest BCUT2D eigenvalue weighted by Crippen LogP contribution is 2.21. The average Bonchev–Trinajstić information content (AvgIpc) is 2.62. The number of carbonyl (C=O) groups excluding carboxylic acids is 1. The van der Waals surface area contributed by atoms with E-state index in [1.54, 1.807) is 0 Å². The fourth-order valence-electron chi connectivity index (χ4n) is 1.51. The number of carbonyl (C=O) groups is 1. The fraction of sp³-hybridized carbons (Fsp3) is 0.214. The predicted octanol–water partition coefficient (Wildman–Crippen LogP) is 1.25. The van der Waals surface area contributed by atoms with Gasteiger partial charge in [-0.05, 0) is 24.2 Å². The summed E-state index contributed by atoms with van der Waals surface area (Å²) >= 11 is 0. The van der Waals surface area contributed by atoms with Crippen molar-refractivity contribution >= 4 is 27.4 Å². The molecule has 24 heavy (non-hydrogen) atoms. The largest absolute Gasteiger partial charge is 0.481 e. The number of rotatable bonds is 6. The minimum absolute atomic E-state index is 0.00916. The van der Waals surface area contributed by atoms with Gasteiger partial charge in [-0.3, -0.25) is 9.52 Å². The Morgan fingerprint density at radius 3 is 2.38 bits per heavy atom. The fourth-order valence-corrected chi connectivity index (χ4v) is 2.37. The van der Waals surface area contributed by atoms with Crippen molar-refractivity contribution in [2.24, 2.45) is 0 Å². The minimum Gasteiger partial charge on any atom is -0.481 e. The molecule has 2 aromatic rings. The third-order valence-electron chi connectivity index (χ3n) is 2.48. The lowest BCUT2D eigenvalue weighted by Gasteiger charge is -2.10. The van der Waals surface area contributed by atoms with E-state index in [9.17, 15) is 13.2 Å². The zero-order chi connectivity index (χ0) is 21.2. The number of anilines is 2. The highest BCUT2D eigenvalue weighted by molar-refractivity contribution is 7.92. The Labute approximate surface area is 144 Å². The lowest BCUT2D eigenvalue weighted by Crippen LogP contribution is -2.15. The van der Waals surface area contributed by atoms with Gasteiger partial charge in [-0.25, -0.2) is 8.42 Å². The third-order valence-corrected chi connectivity index (χ3v) is 3.70. The van der Waals surface area contributed by atoms with E-state index in [4.69, 9.17) is 15.0 Å². The van der Waals surface area contributed by atoms with Gasteiger partial charge >= 0.3 is 6.01 Å². The topological polar surface area (TPSA) is 120 Å². The number of nitrogens with one attached hydrogen (secondary N) is 2. The molecule has 0 aliphatic carbocycles. The second-order valence-electron chi connectivity index (χ2n) is 4.27. The molecule has 0 atom stereocenters. The van der Waals surface area contributed by atoms with Gasteiger partial charge in [-0.15, -0.1) is 0 Å². The molecule has 10 heteroatoms. The molecule has 1 heterocycles. The van der Waals surface area contributed by atoms with Crippen LogP contribution in [-0.2, 0) is 14.8 Å². The van der Waals surface area contributed by atoms with Crippen LogP contribution in [0, 0.1) is 0 Å². The van der Waals surface area contributed by atoms with Gasteiger partial charge in [-0.2, -0.15) is 9.97 Å². The minimum atomic E-state index is -4.59. The van der Waals surface area contributed by atoms with Gasteiger partial charge in [-0.1, -0.05) is 0 Å². The van der Waals surface area contributed by atoms with Crippen molar-refractivity contribution in [3.05, 3.63) is 30.2 Å². The molecule has 0 saturated heterocycles. The molecule has 2 N–H and O–H groups in total. The lowest BCUT2D eigenvalue weighted by molar-refractivity contribution is -0.114. The highest BCUT2D eigenvalue weighted by atomic mass is 32.2. The maximum Gasteiger partial charge on any atom is 0.321 e. The number of hydrogen-bond acceptors (Lipinski definition) is 7. The quantitative estimate of drug-likeness (QED) is 0.799. The van der Waals surface area contributed by atoms with E-state index in [-0.39, 0.29) is 17.7 Å². The van der Waals surface area contributed by atoms with E-state index in [1.807, 2.05) is 4.72 Å². The van der Waals surface area contributed by atoms with Crippen LogP contribution in [0.1, 0.15) is 12.4 Å². The molecular formula is C14H16N4O5S. The summed E-state index contributed by atoms with van der Waals surface area (Å²) in [4.78, 5) is 17.9. The number of sulfonamides is 1. The second-order valence-corrected chi connectivity index (χ2v) is 5.89. The Morgan fingerprint density at radius 1 is 1.17 bits per heavy atom. The highest BCUT2D eigenvalue weighted by Gasteiger charge is 2.16. The van der Waals surface area contributed by atoms with Crippen LogP contribution in [0.3, 0.4) is 0 Å². The van der Waals surface area contributed by atoms with Crippen molar-refractivity contribution in [1.29, 1.82) is 0 Å². The van der Waals surface area contributed by atoms with E-state index in [0.29, 0.717) is 0 Å². The molecule has 0 bridgehead atoms. The van der Waals surface area contributed by atoms with Crippen LogP contribution in [0.5, 0.6) is 11.9 Å². The Balaban J connectivity index is 2.59. The van der Waals surface area contributed by atoms with Crippen molar-refractivity contribution in [3.8, 4) is 11.9 Å². The van der Waals surface area contributed by atoms with Gasteiger partial charge in [0.2, 0.25) is 11.8 Å². The van der Waals surface area contributed by atoms with Crippen LogP contribution >= 0.6 is 0 Å². The summed E-state index contributed by atoms with van der Waals surface area (Å²) in [5.41, 5.74) is -0.424. The number of ether oxygens (including phenoxy) is 2. The lowest BCUT2D eigenvalue weighted by atomic mass is 10.3. The first-order valence-electron chi connectivity index (χ1n) is 8.39. The SMILES string of the molecule is [2H]c1c([2H])c(S(=O)(=O)Nc2cc(OC)nc(OC)n2)c([2H])c([2H])c1NC(C)=O. The van der Waals surface area contributed by atoms with Crippen LogP contribution < -0.4 is 19.5 Å². The van der Waals surface area contributed by atoms with Gasteiger partial charge in [0.15, 0.2) is 5.82 Å². The summed E-state index contributed by atoms with van der Waals surface area (Å²) in [5, 5.41) is 2.16. The number of methoxy groups -OCH3 is 2. The molecule has 2 rings (SSSR count). The first kappa shape index (κ1) is 12.5. The average molecular weight is 356 g/mol. The molecule has 0 fully saturated rings. The van der Waals surface area contributed by atoms with Crippen molar-refractivity contribution in [3.63, 3.8) is 0 Å². The van der Waals surface area contributed by atoms with Gasteiger partial charge in [0.05, 0.1) is 24.6 Å². The first-order valence-corrected chi connectivity index (χ1v) is 7.88. The van der Waals surface area contributed by atoms with Crippen molar-refractivity contribution in [2.45, 2.75) is 11.8 Å². The van der Waals surface area contributed by atoms with Gasteiger partial charge in [0.25, 0.3) is 10.0 Å². The molecule has 0 aliphatic heterocycles. The number of benzene rings is 1. The molecule has 0 aliphatic rings. The summed E-state index contributed by atoms with van der Waals surface area (Å²) < 4.78 is 69.0. The normalized spacial score (nSPS) is 13.1. The van der Waals surface area contributed by atoms with Crippen LogP contribution in [-0.4, -0.2) is 38.5 Å². The zero-order valence-corrected chi connectivity index (χ0v) is 13.7. The summed E-state index contributed by atoms with van der Waals surface area (Å²) in [6, 6.07) is -2.20. The standard InChI is InChI=1S/C14H16N4O5S/c1-9(19)15-10-4-6-11(7-5-10)24(20,21)18-12-8-13(22-2)17-14(16-12)23-3/h4-8H,1-3H3,(H,15,19)(H,16,17,18)/i4D,5D,6D,7D. The Bertz CT molecular complexity index is 997. The van der Waals surface area contributed by atoms with E-state index in [0.717, 1.165) is 13.0 Å². The van der Waals surface area contributed by atoms with E-state index >= 15 is 0 Å². The molecule has 1 aromatic heterocycles. The third kappa shape index (κ3) is 4.32. The number of aromatic nitrogens is 2. The van der Waals surface area contributed by atoms with E-state index in [1.165, 1.54) is 14.2 Å². The molecule has 1 amide bonds. The van der Waals surface area contributed by atoms with Crippen molar-refractivity contribution < 1.29 is 28.2 Å². The smallest absolute Gasteiger partial charge is 0.321 e. The molecule has 1 aromatic carbocycles. The molecule has 0 spiro atoms. The maximum absolute atomic E-state index is 12.7. The summed E-state index contributed by atoms with van der Waals surface area (Å²) in [6.45, 7) is 1.12. The van der Waals surface area contributed by atoms with Gasteiger partial charge < -0.3 is 14.8 Å². The van der Waals surface area contributed by atoms with E-state index < -0.39 is 50.7 Å². The van der Waals surface area contributed by atoms with Crippen LogP contribution in [0.25, 0.3) is 0 Å². The van der Waals surface area contributed by atoms with Crippen LogP contribution in [0.2, 0.25) is 0 Å². The predicted molar refractivity (Wildman–Crippen MR) is 86.7 cm³/mol. The van der Waals surface area contributed by atoms with Crippen molar-refractivity contribution in [1.82, 2.24) is 9.97 Å². The second kappa shape index (κ2) is 7.13. The molecular weight excluding hydrogens is 336 g/mol. The van der Waals surface area contributed by atoms with E-state index in [2.05, 4.69) is 15.3 Å². The molecule has 0 radical (unpaired) electrons. The van der Waals surface area contributed by atoms with Crippen LogP contribution in [0.4, 0.5) is 11.5 Å². The van der Waals surface area contributed by atoms with Gasteiger partial charge in [0, 0.05) is 18.7 Å². The Hall–Kier alpha value is -2.88. The molecule has 9 nitrogen and oxygen atoms in total. The number of nitrogens with zero attached hydrogens (tertiary/aromatic N) is 2. The van der Waals surface area contributed by atoms with Crippen molar-refractivity contribution in [2.75, 3.05) is 24.3 Å². The maximum atomic E-state index is 12.7. The summed E-state index contributed by atoms with van der Waals surface area (Å²) in [6.07, 6.45) is 0. The van der Waals surface area contributed by atoms with Crippen LogP contribution in [0.15, 0.2) is 35.1 Å². The molecule has 0 unspecified atom stereocenters. The monoisotopic (exact) mass is 356 g/mol. The first-order chi connectivity index (χ1) is 13.0. The zero-order valence-electron chi connectivity index (χ0n) is 16.9. The summed E-state index contributed by atoms with van der Waals surface area (Å²) in [5.74, 6) is -0.911. The van der Waals surface area contributed by atoms with Gasteiger partial charge in [0.1, 0.15) is 0 Å². The molecule has 0 saturated carbocycles. The summed E-state index contributed by atoms with van der Waals surface area (Å²) in [7, 11) is -2.04.